The molecule has 4 aromatic rings. The Balaban J connectivity index is 2.01. The normalized spacial score (nSPS) is 10.7. The summed E-state index contributed by atoms with van der Waals surface area (Å²) in [7, 11) is 0. The summed E-state index contributed by atoms with van der Waals surface area (Å²) in [5.74, 6) is 0.641. The lowest BCUT2D eigenvalue weighted by atomic mass is 10.1. The first kappa shape index (κ1) is 16.0. The Morgan fingerprint density at radius 2 is 1.38 bits per heavy atom. The molecule has 0 atom stereocenters. The van der Waals surface area contributed by atoms with E-state index in [1.807, 2.05) is 91.9 Å². The van der Waals surface area contributed by atoms with Crippen LogP contribution in [-0.2, 0) is 0 Å². The minimum absolute atomic E-state index is 0.0942. The van der Waals surface area contributed by atoms with Crippen molar-refractivity contribution in [2.45, 2.75) is 6.92 Å². The van der Waals surface area contributed by atoms with Crippen LogP contribution in [0, 0.1) is 6.92 Å². The van der Waals surface area contributed by atoms with Crippen molar-refractivity contribution in [3.05, 3.63) is 107 Å². The second-order valence-corrected chi connectivity index (χ2v) is 6.21. The number of aromatic nitrogens is 2. The van der Waals surface area contributed by atoms with Gasteiger partial charge in [-0.15, -0.1) is 0 Å². The maximum Gasteiger partial charge on any atom is 0.258 e. The highest BCUT2D eigenvalue weighted by Gasteiger charge is 2.13. The van der Waals surface area contributed by atoms with Crippen LogP contribution in [0.2, 0.25) is 0 Å². The van der Waals surface area contributed by atoms with E-state index in [9.17, 15) is 4.79 Å². The monoisotopic (exact) mass is 338 g/mol. The van der Waals surface area contributed by atoms with Gasteiger partial charge in [0.25, 0.3) is 5.56 Å². The molecule has 0 amide bonds. The molecule has 0 saturated carbocycles. The summed E-state index contributed by atoms with van der Waals surface area (Å²) in [6.45, 7) is 2.02. The van der Waals surface area contributed by atoms with Crippen molar-refractivity contribution in [3.63, 3.8) is 0 Å². The molecule has 0 fully saturated rings. The standard InChI is InChI=1S/C23H18N2O/c1-17-9-8-14-20(15-17)25-22(26)16-21(18-10-4-2-5-11-18)24-23(25)19-12-6-3-7-13-19/h2-16H,1H3. The fraction of sp³-hybridized carbons (Fsp3) is 0.0435. The molecule has 0 aliphatic heterocycles. The van der Waals surface area contributed by atoms with Crippen LogP contribution in [0.15, 0.2) is 95.8 Å². The number of benzene rings is 3. The third-order valence-corrected chi connectivity index (χ3v) is 4.28. The molecule has 0 aliphatic rings. The molecule has 3 heteroatoms. The third kappa shape index (κ3) is 3.07. The highest BCUT2D eigenvalue weighted by molar-refractivity contribution is 5.65. The van der Waals surface area contributed by atoms with Crippen LogP contribution in [0.3, 0.4) is 0 Å². The first-order valence-electron chi connectivity index (χ1n) is 8.54. The Morgan fingerprint density at radius 1 is 0.731 bits per heavy atom. The summed E-state index contributed by atoms with van der Waals surface area (Å²) >= 11 is 0. The van der Waals surface area contributed by atoms with Gasteiger partial charge in [-0.25, -0.2) is 4.98 Å². The van der Waals surface area contributed by atoms with Crippen LogP contribution in [0.1, 0.15) is 5.56 Å². The molecule has 0 bridgehead atoms. The Labute approximate surface area is 152 Å². The zero-order valence-electron chi connectivity index (χ0n) is 14.5. The average molecular weight is 338 g/mol. The van der Waals surface area contributed by atoms with Crippen molar-refractivity contribution in [2.24, 2.45) is 0 Å². The van der Waals surface area contributed by atoms with E-state index in [2.05, 4.69) is 0 Å². The predicted molar refractivity (Wildman–Crippen MR) is 105 cm³/mol. The van der Waals surface area contributed by atoms with E-state index < -0.39 is 0 Å². The van der Waals surface area contributed by atoms with Crippen LogP contribution in [0.4, 0.5) is 0 Å². The van der Waals surface area contributed by atoms with E-state index in [0.29, 0.717) is 11.5 Å². The van der Waals surface area contributed by atoms with Gasteiger partial charge in [-0.05, 0) is 24.6 Å². The molecule has 3 nitrogen and oxygen atoms in total. The second-order valence-electron chi connectivity index (χ2n) is 6.21. The van der Waals surface area contributed by atoms with Crippen molar-refractivity contribution >= 4 is 0 Å². The van der Waals surface area contributed by atoms with Crippen LogP contribution in [-0.4, -0.2) is 9.55 Å². The molecular weight excluding hydrogens is 320 g/mol. The van der Waals surface area contributed by atoms with Gasteiger partial charge in [-0.1, -0.05) is 72.8 Å². The average Bonchev–Trinajstić information content (AvgIpc) is 2.68. The van der Waals surface area contributed by atoms with Gasteiger partial charge in [0.05, 0.1) is 11.4 Å². The summed E-state index contributed by atoms with van der Waals surface area (Å²) in [4.78, 5) is 17.9. The molecular formula is C23H18N2O. The number of nitrogens with zero attached hydrogens (tertiary/aromatic N) is 2. The first-order chi connectivity index (χ1) is 12.7. The lowest BCUT2D eigenvalue weighted by Crippen LogP contribution is -2.21. The Kier molecular flexibility index (Phi) is 4.20. The summed E-state index contributed by atoms with van der Waals surface area (Å²) < 4.78 is 1.68. The van der Waals surface area contributed by atoms with Gasteiger partial charge in [0.2, 0.25) is 0 Å². The topological polar surface area (TPSA) is 34.9 Å². The molecule has 1 aromatic heterocycles. The Bertz CT molecular complexity index is 1100. The lowest BCUT2D eigenvalue weighted by molar-refractivity contribution is 0.950. The molecule has 3 aromatic carbocycles. The highest BCUT2D eigenvalue weighted by atomic mass is 16.1. The molecule has 126 valence electrons. The zero-order valence-corrected chi connectivity index (χ0v) is 14.5. The maximum atomic E-state index is 13.0. The van der Waals surface area contributed by atoms with E-state index in [-0.39, 0.29) is 5.56 Å². The van der Waals surface area contributed by atoms with Gasteiger partial charge in [0.1, 0.15) is 5.82 Å². The lowest BCUT2D eigenvalue weighted by Gasteiger charge is -2.14. The Hall–Kier alpha value is -3.46. The Morgan fingerprint density at radius 3 is 2.04 bits per heavy atom. The summed E-state index contributed by atoms with van der Waals surface area (Å²) in [6.07, 6.45) is 0. The van der Waals surface area contributed by atoms with Crippen molar-refractivity contribution in [1.82, 2.24) is 9.55 Å². The molecule has 1 heterocycles. The van der Waals surface area contributed by atoms with Crippen LogP contribution < -0.4 is 5.56 Å². The van der Waals surface area contributed by atoms with Crippen molar-refractivity contribution < 1.29 is 0 Å². The minimum Gasteiger partial charge on any atom is -0.269 e. The molecule has 0 N–H and O–H groups in total. The molecule has 0 aliphatic carbocycles. The predicted octanol–water partition coefficient (Wildman–Crippen LogP) is 4.87. The smallest absolute Gasteiger partial charge is 0.258 e. The van der Waals surface area contributed by atoms with Crippen LogP contribution >= 0.6 is 0 Å². The first-order valence-corrected chi connectivity index (χ1v) is 8.54. The number of aryl methyl sites for hydroxylation is 1. The fourth-order valence-electron chi connectivity index (χ4n) is 3.04. The summed E-state index contributed by atoms with van der Waals surface area (Å²) in [5.41, 5.74) is 4.34. The van der Waals surface area contributed by atoms with Gasteiger partial charge in [0, 0.05) is 17.2 Å². The summed E-state index contributed by atoms with van der Waals surface area (Å²) in [6, 6.07) is 29.1. The number of rotatable bonds is 3. The summed E-state index contributed by atoms with van der Waals surface area (Å²) in [5, 5.41) is 0. The molecule has 0 unspecified atom stereocenters. The molecule has 0 radical (unpaired) electrons. The van der Waals surface area contributed by atoms with Crippen molar-refractivity contribution in [1.29, 1.82) is 0 Å². The van der Waals surface area contributed by atoms with E-state index >= 15 is 0 Å². The largest absolute Gasteiger partial charge is 0.269 e. The fourth-order valence-corrected chi connectivity index (χ4v) is 3.04. The highest BCUT2D eigenvalue weighted by Crippen LogP contribution is 2.23. The van der Waals surface area contributed by atoms with E-state index in [4.69, 9.17) is 4.98 Å². The molecule has 0 saturated heterocycles. The van der Waals surface area contributed by atoms with E-state index in [0.717, 1.165) is 22.4 Å². The SMILES string of the molecule is Cc1cccc(-n2c(-c3ccccc3)nc(-c3ccccc3)cc2=O)c1. The zero-order chi connectivity index (χ0) is 17.9. The number of hydrogen-bond donors (Lipinski definition) is 0. The van der Waals surface area contributed by atoms with Gasteiger partial charge < -0.3 is 0 Å². The van der Waals surface area contributed by atoms with Gasteiger partial charge in [-0.3, -0.25) is 9.36 Å². The van der Waals surface area contributed by atoms with Crippen molar-refractivity contribution in [2.75, 3.05) is 0 Å². The minimum atomic E-state index is -0.0942. The van der Waals surface area contributed by atoms with Crippen molar-refractivity contribution in [3.8, 4) is 28.3 Å². The van der Waals surface area contributed by atoms with E-state index in [1.54, 1.807) is 10.6 Å². The van der Waals surface area contributed by atoms with Crippen LogP contribution in [0.5, 0.6) is 0 Å². The van der Waals surface area contributed by atoms with Gasteiger partial charge in [0.15, 0.2) is 0 Å². The number of hydrogen-bond acceptors (Lipinski definition) is 2. The second kappa shape index (κ2) is 6.81. The van der Waals surface area contributed by atoms with Crippen LogP contribution in [0.25, 0.3) is 28.3 Å². The van der Waals surface area contributed by atoms with Gasteiger partial charge in [-0.2, -0.15) is 0 Å². The molecule has 26 heavy (non-hydrogen) atoms. The maximum absolute atomic E-state index is 13.0. The van der Waals surface area contributed by atoms with Gasteiger partial charge >= 0.3 is 0 Å². The molecule has 4 rings (SSSR count). The molecule has 0 spiro atoms. The van der Waals surface area contributed by atoms with E-state index in [1.165, 1.54) is 0 Å². The quantitative estimate of drug-likeness (QED) is 0.534. The third-order valence-electron chi connectivity index (χ3n) is 4.28.